The Labute approximate surface area is 264 Å². The van der Waals surface area contributed by atoms with Crippen molar-refractivity contribution in [1.29, 1.82) is 0 Å². The highest BCUT2D eigenvalue weighted by Crippen LogP contribution is 2.40. The molecule has 1 aliphatic rings. The molecule has 1 aliphatic heterocycles. The summed E-state index contributed by atoms with van der Waals surface area (Å²) >= 11 is 1.35. The summed E-state index contributed by atoms with van der Waals surface area (Å²) in [6, 6.07) is 27.2. The molecule has 0 saturated carbocycles. The lowest BCUT2D eigenvalue weighted by molar-refractivity contribution is -0.205. The van der Waals surface area contributed by atoms with Crippen molar-refractivity contribution >= 4 is 42.4 Å². The van der Waals surface area contributed by atoms with Crippen LogP contribution in [0.4, 0.5) is 0 Å². The van der Waals surface area contributed by atoms with Gasteiger partial charge in [-0.25, -0.2) is 0 Å². The summed E-state index contributed by atoms with van der Waals surface area (Å²) in [5, 5.41) is 5.82. The number of ether oxygens (including phenoxy) is 3. The standard InChI is InChI=1S/C33H39N3O6SSi/c1-22-17-19-25(20-18-22)43-32-29(35-36-34)31(41-24(3)38)30(40-23(2)37)28(42-32)21-39-44(33(4,5)6,26-13-9-7-10-14-26)27-15-11-8-12-16-27/h7-20,28-32H,21H2,1-6H3/t28-,29-,30+,31-,32?/m1/s1. The minimum absolute atomic E-state index is 0.0247. The van der Waals surface area contributed by atoms with Crippen LogP contribution in [-0.2, 0) is 28.2 Å². The summed E-state index contributed by atoms with van der Waals surface area (Å²) < 4.78 is 25.3. The minimum atomic E-state index is -3.01. The first-order valence-corrected chi connectivity index (χ1v) is 17.3. The molecular weight excluding hydrogens is 595 g/mol. The molecule has 11 heteroatoms. The number of thioether (sulfide) groups is 1. The van der Waals surface area contributed by atoms with Gasteiger partial charge in [-0.1, -0.05) is 116 Å². The van der Waals surface area contributed by atoms with Crippen molar-refractivity contribution in [3.63, 3.8) is 0 Å². The normalized spacial score (nSPS) is 22.0. The number of hydrogen-bond acceptors (Lipinski definition) is 8. The maximum absolute atomic E-state index is 12.4. The Morgan fingerprint density at radius 3 is 1.89 bits per heavy atom. The third-order valence-corrected chi connectivity index (χ3v) is 13.7. The molecule has 1 saturated heterocycles. The second kappa shape index (κ2) is 14.5. The lowest BCUT2D eigenvalue weighted by atomic mass is 9.98. The van der Waals surface area contributed by atoms with E-state index in [1.165, 1.54) is 25.6 Å². The largest absolute Gasteiger partial charge is 0.458 e. The average Bonchev–Trinajstić information content (AvgIpc) is 2.98. The smallest absolute Gasteiger partial charge is 0.303 e. The van der Waals surface area contributed by atoms with Crippen molar-refractivity contribution in [1.82, 2.24) is 0 Å². The molecule has 0 amide bonds. The van der Waals surface area contributed by atoms with Gasteiger partial charge in [0.05, 0.1) is 6.61 Å². The second-order valence-electron chi connectivity index (χ2n) is 11.8. The molecule has 0 bridgehead atoms. The zero-order valence-corrected chi connectivity index (χ0v) is 27.7. The van der Waals surface area contributed by atoms with Crippen LogP contribution in [0.5, 0.6) is 0 Å². The summed E-state index contributed by atoms with van der Waals surface area (Å²) in [5.74, 6) is -1.19. The van der Waals surface area contributed by atoms with Gasteiger partial charge < -0.3 is 18.6 Å². The molecule has 3 aromatic rings. The highest BCUT2D eigenvalue weighted by atomic mass is 32.2. The molecule has 232 valence electrons. The maximum atomic E-state index is 12.4. The highest BCUT2D eigenvalue weighted by Gasteiger charge is 2.54. The lowest BCUT2D eigenvalue weighted by Crippen LogP contribution is -2.68. The zero-order valence-electron chi connectivity index (χ0n) is 25.9. The van der Waals surface area contributed by atoms with Crippen molar-refractivity contribution in [3.05, 3.63) is 101 Å². The topological polar surface area (TPSA) is 120 Å². The highest BCUT2D eigenvalue weighted by molar-refractivity contribution is 7.99. The molecule has 1 unspecified atom stereocenters. The first-order valence-electron chi connectivity index (χ1n) is 14.5. The van der Waals surface area contributed by atoms with Crippen LogP contribution in [0.3, 0.4) is 0 Å². The van der Waals surface area contributed by atoms with Crippen molar-refractivity contribution in [2.45, 2.75) is 81.3 Å². The van der Waals surface area contributed by atoms with Gasteiger partial charge in [-0.3, -0.25) is 9.59 Å². The number of esters is 2. The average molecular weight is 634 g/mol. The zero-order chi connectivity index (χ0) is 31.9. The van der Waals surface area contributed by atoms with Crippen LogP contribution in [-0.4, -0.2) is 56.7 Å². The van der Waals surface area contributed by atoms with Gasteiger partial charge in [0.25, 0.3) is 8.32 Å². The number of azide groups is 1. The van der Waals surface area contributed by atoms with Crippen LogP contribution in [0.25, 0.3) is 10.4 Å². The molecule has 0 N–H and O–H groups in total. The lowest BCUT2D eigenvalue weighted by Gasteiger charge is -2.47. The first-order chi connectivity index (χ1) is 21.0. The Morgan fingerprint density at radius 1 is 0.886 bits per heavy atom. The van der Waals surface area contributed by atoms with E-state index in [2.05, 4.69) is 55.1 Å². The van der Waals surface area contributed by atoms with Gasteiger partial charge in [0, 0.05) is 23.7 Å². The number of aryl methyl sites for hydroxylation is 1. The molecule has 9 nitrogen and oxygen atoms in total. The van der Waals surface area contributed by atoms with Gasteiger partial charge in [-0.2, -0.15) is 0 Å². The van der Waals surface area contributed by atoms with Crippen LogP contribution >= 0.6 is 11.8 Å². The summed E-state index contributed by atoms with van der Waals surface area (Å²) in [5.41, 5.74) is 9.83. The van der Waals surface area contributed by atoms with Gasteiger partial charge in [0.1, 0.15) is 17.6 Å². The molecule has 0 spiro atoms. The van der Waals surface area contributed by atoms with Gasteiger partial charge >= 0.3 is 11.9 Å². The summed E-state index contributed by atoms with van der Waals surface area (Å²) in [4.78, 5) is 28.7. The molecule has 1 fully saturated rings. The summed E-state index contributed by atoms with van der Waals surface area (Å²) in [7, 11) is -3.01. The van der Waals surface area contributed by atoms with Crippen LogP contribution in [0.15, 0.2) is 94.9 Å². The van der Waals surface area contributed by atoms with E-state index < -0.39 is 50.0 Å². The number of carbonyl (C=O) groups is 2. The quantitative estimate of drug-likeness (QED) is 0.0892. The van der Waals surface area contributed by atoms with E-state index in [0.717, 1.165) is 20.8 Å². The number of benzene rings is 3. The Hall–Kier alpha value is -3.60. The second-order valence-corrected chi connectivity index (χ2v) is 17.3. The fourth-order valence-electron chi connectivity index (χ4n) is 5.69. The van der Waals surface area contributed by atoms with Crippen LogP contribution in [0.2, 0.25) is 5.04 Å². The first kappa shape index (κ1) is 33.3. The van der Waals surface area contributed by atoms with E-state index in [1.807, 2.05) is 67.6 Å². The van der Waals surface area contributed by atoms with E-state index in [1.54, 1.807) is 0 Å². The third-order valence-electron chi connectivity index (χ3n) is 7.56. The number of rotatable bonds is 10. The predicted molar refractivity (Wildman–Crippen MR) is 173 cm³/mol. The number of hydrogen-bond donors (Lipinski definition) is 0. The van der Waals surface area contributed by atoms with Crippen molar-refractivity contribution in [2.75, 3.05) is 6.61 Å². The Kier molecular flexibility index (Phi) is 10.9. The van der Waals surface area contributed by atoms with Crippen LogP contribution in [0, 0.1) is 6.92 Å². The molecule has 1 heterocycles. The van der Waals surface area contributed by atoms with Gasteiger partial charge in [-0.05, 0) is 40.0 Å². The van der Waals surface area contributed by atoms with Crippen LogP contribution in [0.1, 0.15) is 40.2 Å². The molecule has 0 radical (unpaired) electrons. The van der Waals surface area contributed by atoms with E-state index >= 15 is 0 Å². The minimum Gasteiger partial charge on any atom is -0.458 e. The SMILES string of the molecule is CC(=O)O[C@@H]1[C@H](OC(C)=O)[C@@H](N=[N+]=[N-])C(Sc2ccc(C)cc2)O[C@@H]1CO[Si](c1ccccc1)(c1ccccc1)C(C)(C)C. The Morgan fingerprint density at radius 2 is 1.41 bits per heavy atom. The monoisotopic (exact) mass is 633 g/mol. The predicted octanol–water partition coefficient (Wildman–Crippen LogP) is 5.93. The summed E-state index contributed by atoms with van der Waals surface area (Å²) in [6.45, 7) is 11.1. The number of nitrogens with zero attached hydrogens (tertiary/aromatic N) is 3. The van der Waals surface area contributed by atoms with Crippen molar-refractivity contribution in [3.8, 4) is 0 Å². The fraction of sp³-hybridized carbons (Fsp3) is 0.394. The maximum Gasteiger partial charge on any atom is 0.303 e. The molecule has 4 rings (SSSR count). The molecule has 0 aromatic heterocycles. The van der Waals surface area contributed by atoms with Gasteiger partial charge in [-0.15, -0.1) is 0 Å². The van der Waals surface area contributed by atoms with E-state index in [0.29, 0.717) is 0 Å². The summed E-state index contributed by atoms with van der Waals surface area (Å²) in [6.07, 6.45) is -3.03. The Balaban J connectivity index is 1.80. The van der Waals surface area contributed by atoms with Gasteiger partial charge in [0.15, 0.2) is 12.2 Å². The van der Waals surface area contributed by atoms with Crippen LogP contribution < -0.4 is 10.4 Å². The van der Waals surface area contributed by atoms with Gasteiger partial charge in [0.2, 0.25) is 0 Å². The van der Waals surface area contributed by atoms with E-state index in [9.17, 15) is 15.1 Å². The molecule has 0 aliphatic carbocycles. The molecule has 3 aromatic carbocycles. The third kappa shape index (κ3) is 7.54. The van der Waals surface area contributed by atoms with Crippen molar-refractivity contribution < 1.29 is 28.2 Å². The van der Waals surface area contributed by atoms with E-state index in [4.69, 9.17) is 18.6 Å². The van der Waals surface area contributed by atoms with E-state index in [-0.39, 0.29) is 11.6 Å². The Bertz CT molecular complexity index is 1420. The van der Waals surface area contributed by atoms with Crippen molar-refractivity contribution in [2.24, 2.45) is 5.11 Å². The molecular formula is C33H39N3O6SSi. The molecule has 5 atom stereocenters. The fourth-order valence-corrected chi connectivity index (χ4v) is 11.4. The number of carbonyl (C=O) groups excluding carboxylic acids is 2. The molecule has 44 heavy (non-hydrogen) atoms.